The molecule has 3 N–H and O–H groups in total. The predicted octanol–water partition coefficient (Wildman–Crippen LogP) is 4.35. The van der Waals surface area contributed by atoms with Crippen LogP contribution in [0.3, 0.4) is 0 Å². The maximum Gasteiger partial charge on any atom is 0.206 e. The van der Waals surface area contributed by atoms with Crippen LogP contribution in [-0.2, 0) is 0 Å². The van der Waals surface area contributed by atoms with E-state index in [4.69, 9.17) is 17.3 Å². The lowest BCUT2D eigenvalue weighted by Gasteiger charge is -2.00. The summed E-state index contributed by atoms with van der Waals surface area (Å²) in [7, 11) is 0. The van der Waals surface area contributed by atoms with Crippen LogP contribution in [0, 0.1) is 0 Å². The molecule has 0 amide bonds. The lowest BCUT2D eigenvalue weighted by molar-refractivity contribution is 0.104. The molecule has 0 saturated heterocycles. The van der Waals surface area contributed by atoms with E-state index in [1.165, 1.54) is 11.3 Å². The van der Waals surface area contributed by atoms with Crippen molar-refractivity contribution in [3.8, 4) is 0 Å². The zero-order valence-electron chi connectivity index (χ0n) is 11.4. The van der Waals surface area contributed by atoms with E-state index >= 15 is 0 Å². The number of ketones is 1. The second-order valence-corrected chi connectivity index (χ2v) is 6.00. The quantitative estimate of drug-likeness (QED) is 0.698. The molecule has 6 heteroatoms. The molecule has 4 nitrogen and oxygen atoms in total. The highest BCUT2D eigenvalue weighted by Crippen LogP contribution is 2.29. The van der Waals surface area contributed by atoms with Gasteiger partial charge in [-0.1, -0.05) is 41.1 Å². The van der Waals surface area contributed by atoms with Crippen LogP contribution in [-0.4, -0.2) is 10.8 Å². The first-order valence-electron chi connectivity index (χ1n) is 6.52. The molecule has 0 aliphatic heterocycles. The number of carbonyl (C=O) groups excluding carboxylic acids is 1. The van der Waals surface area contributed by atoms with Gasteiger partial charge in [-0.3, -0.25) is 4.79 Å². The summed E-state index contributed by atoms with van der Waals surface area (Å²) < 4.78 is 0. The smallest absolute Gasteiger partial charge is 0.206 e. The maximum atomic E-state index is 12.5. The number of aromatic nitrogens is 1. The summed E-state index contributed by atoms with van der Waals surface area (Å²) in [6, 6.07) is 16.3. The highest BCUT2D eigenvalue weighted by atomic mass is 35.5. The van der Waals surface area contributed by atoms with E-state index in [1.807, 2.05) is 30.3 Å². The third kappa shape index (κ3) is 3.10. The van der Waals surface area contributed by atoms with E-state index in [1.54, 1.807) is 24.3 Å². The lowest BCUT2D eigenvalue weighted by atomic mass is 10.1. The van der Waals surface area contributed by atoms with Crippen LogP contribution < -0.4 is 11.1 Å². The third-order valence-electron chi connectivity index (χ3n) is 2.99. The molecule has 0 radical (unpaired) electrons. The fraction of sp³-hybridized carbons (Fsp3) is 0. The summed E-state index contributed by atoms with van der Waals surface area (Å²) in [5, 5.41) is 4.30. The summed E-state index contributed by atoms with van der Waals surface area (Å²) >= 11 is 7.06. The fourth-order valence-corrected chi connectivity index (χ4v) is 2.92. The zero-order chi connectivity index (χ0) is 15.5. The number of para-hydroxylation sites is 1. The lowest BCUT2D eigenvalue weighted by Crippen LogP contribution is -2.02. The molecule has 3 rings (SSSR count). The van der Waals surface area contributed by atoms with Crippen molar-refractivity contribution < 1.29 is 4.79 Å². The van der Waals surface area contributed by atoms with E-state index in [9.17, 15) is 4.79 Å². The molecule has 0 bridgehead atoms. The van der Waals surface area contributed by atoms with E-state index in [-0.39, 0.29) is 11.6 Å². The molecule has 22 heavy (non-hydrogen) atoms. The number of halogens is 1. The van der Waals surface area contributed by atoms with Gasteiger partial charge in [0.15, 0.2) is 5.13 Å². The van der Waals surface area contributed by atoms with E-state index in [2.05, 4.69) is 10.3 Å². The van der Waals surface area contributed by atoms with Gasteiger partial charge in [0, 0.05) is 16.3 Å². The van der Waals surface area contributed by atoms with E-state index in [0.29, 0.717) is 20.6 Å². The second-order valence-electron chi connectivity index (χ2n) is 4.56. The summed E-state index contributed by atoms with van der Waals surface area (Å²) in [5.41, 5.74) is 7.30. The van der Waals surface area contributed by atoms with E-state index in [0.717, 1.165) is 5.69 Å². The monoisotopic (exact) mass is 329 g/mol. The number of thiazole rings is 1. The van der Waals surface area contributed by atoms with Gasteiger partial charge in [0.2, 0.25) is 5.78 Å². The second kappa shape index (κ2) is 6.17. The van der Waals surface area contributed by atoms with Crippen molar-refractivity contribution in [3.63, 3.8) is 0 Å². The molecule has 1 heterocycles. The van der Waals surface area contributed by atoms with Crippen molar-refractivity contribution in [2.24, 2.45) is 0 Å². The number of hydrogen-bond donors (Lipinski definition) is 2. The Kier molecular flexibility index (Phi) is 4.09. The van der Waals surface area contributed by atoms with Crippen molar-refractivity contribution >= 4 is 45.4 Å². The number of nitrogens with one attached hydrogen (secondary N) is 1. The molecule has 3 aromatic rings. The first-order valence-corrected chi connectivity index (χ1v) is 7.71. The number of benzene rings is 2. The number of hydrogen-bond acceptors (Lipinski definition) is 5. The predicted molar refractivity (Wildman–Crippen MR) is 91.1 cm³/mol. The van der Waals surface area contributed by atoms with Crippen molar-refractivity contribution in [3.05, 3.63) is 70.1 Å². The van der Waals surface area contributed by atoms with Crippen LogP contribution in [0.4, 0.5) is 16.6 Å². The molecular weight excluding hydrogens is 318 g/mol. The summed E-state index contributed by atoms with van der Waals surface area (Å²) in [4.78, 5) is 17.1. The summed E-state index contributed by atoms with van der Waals surface area (Å²) in [6.07, 6.45) is 0. The van der Waals surface area contributed by atoms with Gasteiger partial charge in [-0.25, -0.2) is 4.98 Å². The first kappa shape index (κ1) is 14.6. The van der Waals surface area contributed by atoms with Crippen LogP contribution >= 0.6 is 22.9 Å². The first-order chi connectivity index (χ1) is 10.6. The minimum atomic E-state index is -0.159. The average molecular weight is 330 g/mol. The normalized spacial score (nSPS) is 10.4. The van der Waals surface area contributed by atoms with Gasteiger partial charge in [-0.15, -0.1) is 0 Å². The van der Waals surface area contributed by atoms with Crippen molar-refractivity contribution in [1.82, 2.24) is 4.98 Å². The highest BCUT2D eigenvalue weighted by Gasteiger charge is 2.18. The van der Waals surface area contributed by atoms with Crippen LogP contribution in [0.15, 0.2) is 54.6 Å². The molecular formula is C16H12ClN3OS. The topological polar surface area (TPSA) is 68.0 Å². The number of nitrogens with two attached hydrogens (primary N) is 1. The van der Waals surface area contributed by atoms with Crippen molar-refractivity contribution in [1.29, 1.82) is 0 Å². The molecule has 0 aliphatic carbocycles. The maximum absolute atomic E-state index is 12.5. The van der Waals surface area contributed by atoms with E-state index < -0.39 is 0 Å². The minimum Gasteiger partial charge on any atom is -0.382 e. The molecule has 1 aromatic heterocycles. The zero-order valence-corrected chi connectivity index (χ0v) is 13.0. The Hall–Kier alpha value is -2.37. The molecule has 110 valence electrons. The fourth-order valence-electron chi connectivity index (χ4n) is 1.93. The Balaban J connectivity index is 1.86. The molecule has 0 aliphatic rings. The SMILES string of the molecule is Nc1nc(Nc2ccccc2)sc1C(=O)c1ccc(Cl)cc1. The number of carbonyl (C=O) groups is 1. The molecule has 0 atom stereocenters. The third-order valence-corrected chi connectivity index (χ3v) is 4.23. The number of anilines is 3. The van der Waals surface area contributed by atoms with Crippen molar-refractivity contribution in [2.45, 2.75) is 0 Å². The Morgan fingerprint density at radius 1 is 1.09 bits per heavy atom. The van der Waals surface area contributed by atoms with Crippen LogP contribution in [0.2, 0.25) is 5.02 Å². The largest absolute Gasteiger partial charge is 0.382 e. The van der Waals surface area contributed by atoms with Gasteiger partial charge in [0.1, 0.15) is 10.7 Å². The summed E-state index contributed by atoms with van der Waals surface area (Å²) in [5.74, 6) is 0.0659. The molecule has 0 fully saturated rings. The Morgan fingerprint density at radius 2 is 1.77 bits per heavy atom. The Labute approximate surface area is 136 Å². The summed E-state index contributed by atoms with van der Waals surface area (Å²) in [6.45, 7) is 0. The van der Waals surface area contributed by atoms with Crippen molar-refractivity contribution in [2.75, 3.05) is 11.1 Å². The Bertz CT molecular complexity index is 800. The highest BCUT2D eigenvalue weighted by molar-refractivity contribution is 7.18. The standard InChI is InChI=1S/C16H12ClN3OS/c17-11-8-6-10(7-9-11)13(21)14-15(18)20-16(22-14)19-12-4-2-1-3-5-12/h1-9H,18H2,(H,19,20). The van der Waals surface area contributed by atoms with Crippen LogP contribution in [0.1, 0.15) is 15.2 Å². The van der Waals surface area contributed by atoms with Gasteiger partial charge >= 0.3 is 0 Å². The number of nitrogens with zero attached hydrogens (tertiary/aromatic N) is 1. The average Bonchev–Trinajstić information content (AvgIpc) is 2.89. The Morgan fingerprint density at radius 3 is 2.45 bits per heavy atom. The molecule has 0 unspecified atom stereocenters. The minimum absolute atomic E-state index is 0.159. The van der Waals surface area contributed by atoms with Gasteiger partial charge < -0.3 is 11.1 Å². The molecule has 0 saturated carbocycles. The molecule has 0 spiro atoms. The number of nitrogen functional groups attached to an aromatic ring is 1. The number of rotatable bonds is 4. The van der Waals surface area contributed by atoms with Gasteiger partial charge in [0.05, 0.1) is 0 Å². The molecule has 2 aromatic carbocycles. The van der Waals surface area contributed by atoms with Crippen LogP contribution in [0.25, 0.3) is 0 Å². The van der Waals surface area contributed by atoms with Gasteiger partial charge in [-0.05, 0) is 36.4 Å². The van der Waals surface area contributed by atoms with Gasteiger partial charge in [-0.2, -0.15) is 0 Å². The van der Waals surface area contributed by atoms with Gasteiger partial charge in [0.25, 0.3) is 0 Å². The van der Waals surface area contributed by atoms with Crippen LogP contribution in [0.5, 0.6) is 0 Å².